The predicted octanol–water partition coefficient (Wildman–Crippen LogP) is 3.71. The van der Waals surface area contributed by atoms with Crippen LogP contribution in [0.25, 0.3) is 11.0 Å². The second kappa shape index (κ2) is 7.25. The van der Waals surface area contributed by atoms with E-state index in [9.17, 15) is 9.59 Å². The molecule has 6 heteroatoms. The van der Waals surface area contributed by atoms with Crippen molar-refractivity contribution in [2.75, 3.05) is 13.7 Å². The van der Waals surface area contributed by atoms with E-state index in [4.69, 9.17) is 18.6 Å². The number of carbonyl (C=O) groups excluding carboxylic acids is 1. The molecular formula is C21H26O6. The number of carbonyl (C=O) groups is 1. The molecule has 1 aromatic carbocycles. The normalized spacial score (nSPS) is 15.1. The zero-order valence-electron chi connectivity index (χ0n) is 16.6. The average Bonchev–Trinajstić information content (AvgIpc) is 2.59. The number of ether oxygens (including phenoxy) is 3. The Hall–Kier alpha value is -2.50. The second-order valence-corrected chi connectivity index (χ2v) is 7.42. The fraction of sp³-hybridized carbons (Fsp3) is 0.524. The maximum absolute atomic E-state index is 12.6. The lowest BCUT2D eigenvalue weighted by molar-refractivity contribution is -0.143. The Kier molecular flexibility index (Phi) is 5.18. The third-order valence-electron chi connectivity index (χ3n) is 5.04. The van der Waals surface area contributed by atoms with E-state index in [0.29, 0.717) is 29.3 Å². The lowest BCUT2D eigenvalue weighted by Crippen LogP contribution is -2.32. The summed E-state index contributed by atoms with van der Waals surface area (Å²) in [4.78, 5) is 24.3. The largest absolute Gasteiger partial charge is 0.496 e. The first-order valence-corrected chi connectivity index (χ1v) is 9.28. The van der Waals surface area contributed by atoms with Crippen molar-refractivity contribution in [2.24, 2.45) is 0 Å². The molecule has 0 amide bonds. The monoisotopic (exact) mass is 374 g/mol. The molecule has 0 aliphatic carbocycles. The molecule has 3 rings (SSSR count). The summed E-state index contributed by atoms with van der Waals surface area (Å²) in [6.45, 7) is 8.01. The molecule has 0 saturated carbocycles. The van der Waals surface area contributed by atoms with Gasteiger partial charge in [-0.25, -0.2) is 4.79 Å². The van der Waals surface area contributed by atoms with Crippen molar-refractivity contribution >= 4 is 16.9 Å². The molecule has 0 atom stereocenters. The highest BCUT2D eigenvalue weighted by Crippen LogP contribution is 2.43. The van der Waals surface area contributed by atoms with Crippen molar-refractivity contribution in [1.82, 2.24) is 0 Å². The number of benzene rings is 1. The van der Waals surface area contributed by atoms with Crippen LogP contribution < -0.4 is 15.1 Å². The van der Waals surface area contributed by atoms with E-state index >= 15 is 0 Å². The molecule has 2 aromatic rings. The zero-order valence-corrected chi connectivity index (χ0v) is 16.6. The quantitative estimate of drug-likeness (QED) is 0.587. The maximum atomic E-state index is 12.6. The van der Waals surface area contributed by atoms with Crippen molar-refractivity contribution in [2.45, 2.75) is 59.0 Å². The first-order valence-electron chi connectivity index (χ1n) is 9.28. The predicted molar refractivity (Wildman–Crippen MR) is 102 cm³/mol. The number of rotatable bonds is 5. The van der Waals surface area contributed by atoms with Gasteiger partial charge in [-0.2, -0.15) is 0 Å². The van der Waals surface area contributed by atoms with Gasteiger partial charge in [0, 0.05) is 23.6 Å². The van der Waals surface area contributed by atoms with Crippen molar-refractivity contribution in [3.8, 4) is 11.5 Å². The minimum absolute atomic E-state index is 0.134. The Labute approximate surface area is 158 Å². The molecule has 0 unspecified atom stereocenters. The molecular weight excluding hydrogens is 348 g/mol. The average molecular weight is 374 g/mol. The van der Waals surface area contributed by atoms with Crippen molar-refractivity contribution in [1.29, 1.82) is 0 Å². The first kappa shape index (κ1) is 19.3. The third kappa shape index (κ3) is 3.66. The smallest absolute Gasteiger partial charge is 0.339 e. The van der Waals surface area contributed by atoms with Gasteiger partial charge in [0.15, 0.2) is 0 Å². The maximum Gasteiger partial charge on any atom is 0.339 e. The summed E-state index contributed by atoms with van der Waals surface area (Å²) in [5.74, 6) is 0.960. The van der Waals surface area contributed by atoms with Gasteiger partial charge in [0.2, 0.25) is 0 Å². The lowest BCUT2D eigenvalue weighted by atomic mass is 9.91. The van der Waals surface area contributed by atoms with Crippen LogP contribution in [0.3, 0.4) is 0 Å². The van der Waals surface area contributed by atoms with Gasteiger partial charge in [0.05, 0.1) is 19.1 Å². The van der Waals surface area contributed by atoms with Gasteiger partial charge < -0.3 is 18.6 Å². The first-order chi connectivity index (χ1) is 12.8. The Morgan fingerprint density at radius 3 is 2.74 bits per heavy atom. The number of hydrogen-bond donors (Lipinski definition) is 0. The Balaban J connectivity index is 2.13. The van der Waals surface area contributed by atoms with E-state index in [1.807, 2.05) is 26.8 Å². The van der Waals surface area contributed by atoms with Gasteiger partial charge in [-0.3, -0.25) is 4.79 Å². The van der Waals surface area contributed by atoms with E-state index in [0.717, 1.165) is 29.4 Å². The van der Waals surface area contributed by atoms with Crippen LogP contribution in [-0.4, -0.2) is 25.3 Å². The summed E-state index contributed by atoms with van der Waals surface area (Å²) in [5.41, 5.74) is 1.95. The van der Waals surface area contributed by atoms with Crippen LogP contribution >= 0.6 is 0 Å². The number of fused-ring (bicyclic) bond motifs is 3. The van der Waals surface area contributed by atoms with Crippen LogP contribution in [0.15, 0.2) is 15.3 Å². The molecule has 0 saturated heterocycles. The number of methoxy groups -OCH3 is 1. The molecule has 27 heavy (non-hydrogen) atoms. The van der Waals surface area contributed by atoms with E-state index in [-0.39, 0.29) is 24.4 Å². The van der Waals surface area contributed by atoms with Gasteiger partial charge in [-0.15, -0.1) is 0 Å². The molecule has 0 bridgehead atoms. The van der Waals surface area contributed by atoms with Crippen molar-refractivity contribution < 1.29 is 23.4 Å². The fourth-order valence-electron chi connectivity index (χ4n) is 3.59. The van der Waals surface area contributed by atoms with Gasteiger partial charge in [-0.1, -0.05) is 0 Å². The molecule has 6 nitrogen and oxygen atoms in total. The summed E-state index contributed by atoms with van der Waals surface area (Å²) >= 11 is 0. The standard InChI is InChI=1S/C21H26O6/c1-6-25-17(22)8-7-13-12(2)18-16(24-5)11-15-14(19(18)26-20(13)23)9-10-21(3,4)27-15/h11H,6-10H2,1-5H3. The second-order valence-electron chi connectivity index (χ2n) is 7.42. The van der Waals surface area contributed by atoms with Gasteiger partial charge in [0.1, 0.15) is 22.7 Å². The van der Waals surface area contributed by atoms with Crippen LogP contribution in [0.1, 0.15) is 50.3 Å². The van der Waals surface area contributed by atoms with E-state index in [1.54, 1.807) is 14.0 Å². The molecule has 1 aliphatic heterocycles. The highest BCUT2D eigenvalue weighted by Gasteiger charge is 2.31. The van der Waals surface area contributed by atoms with Gasteiger partial charge in [0.25, 0.3) is 0 Å². The van der Waals surface area contributed by atoms with Crippen LogP contribution in [0.4, 0.5) is 0 Å². The van der Waals surface area contributed by atoms with Crippen LogP contribution in [-0.2, 0) is 22.4 Å². The Morgan fingerprint density at radius 2 is 2.07 bits per heavy atom. The Morgan fingerprint density at radius 1 is 1.33 bits per heavy atom. The molecule has 0 N–H and O–H groups in total. The molecule has 0 radical (unpaired) electrons. The summed E-state index contributed by atoms with van der Waals surface area (Å²) in [6, 6.07) is 1.86. The minimum Gasteiger partial charge on any atom is -0.496 e. The molecule has 1 aliphatic rings. The highest BCUT2D eigenvalue weighted by atomic mass is 16.5. The third-order valence-corrected chi connectivity index (χ3v) is 5.04. The van der Waals surface area contributed by atoms with E-state index in [2.05, 4.69) is 0 Å². The Bertz CT molecular complexity index is 938. The molecule has 0 spiro atoms. The topological polar surface area (TPSA) is 75.0 Å². The molecule has 1 aromatic heterocycles. The van der Waals surface area contributed by atoms with Crippen LogP contribution in [0.5, 0.6) is 11.5 Å². The number of aryl methyl sites for hydroxylation is 2. The van der Waals surface area contributed by atoms with Crippen molar-refractivity contribution in [3.05, 3.63) is 33.2 Å². The van der Waals surface area contributed by atoms with Crippen LogP contribution in [0, 0.1) is 6.92 Å². The molecule has 0 fully saturated rings. The van der Waals surface area contributed by atoms with Crippen LogP contribution in [0.2, 0.25) is 0 Å². The van der Waals surface area contributed by atoms with Crippen molar-refractivity contribution in [3.63, 3.8) is 0 Å². The van der Waals surface area contributed by atoms with Gasteiger partial charge >= 0.3 is 11.6 Å². The van der Waals surface area contributed by atoms with E-state index in [1.165, 1.54) is 0 Å². The highest BCUT2D eigenvalue weighted by molar-refractivity contribution is 5.92. The summed E-state index contributed by atoms with van der Waals surface area (Å²) < 4.78 is 22.3. The number of hydrogen-bond acceptors (Lipinski definition) is 6. The molecule has 2 heterocycles. The zero-order chi connectivity index (χ0) is 19.8. The molecule has 146 valence electrons. The number of esters is 1. The summed E-state index contributed by atoms with van der Waals surface area (Å²) in [5, 5.41) is 0.762. The fourth-order valence-corrected chi connectivity index (χ4v) is 3.59. The SMILES string of the molecule is CCOC(=O)CCc1c(C)c2c(OC)cc3c(c2oc1=O)CCC(C)(C)O3. The summed E-state index contributed by atoms with van der Waals surface area (Å²) in [6.07, 6.45) is 1.99. The van der Waals surface area contributed by atoms with Gasteiger partial charge in [-0.05, 0) is 52.5 Å². The van der Waals surface area contributed by atoms with E-state index < -0.39 is 5.63 Å². The minimum atomic E-state index is -0.426. The summed E-state index contributed by atoms with van der Waals surface area (Å²) in [7, 11) is 1.58. The lowest BCUT2D eigenvalue weighted by Gasteiger charge is -2.33.